The SMILES string of the molecule is Cc1cc(C)c(OCC(=O)N=Nc2c(O)n(C)c3ccccc23)c(Br)c1. The van der Waals surface area contributed by atoms with Gasteiger partial charge in [-0.1, -0.05) is 24.3 Å². The largest absolute Gasteiger partial charge is 0.493 e. The monoisotopic (exact) mass is 415 g/mol. The van der Waals surface area contributed by atoms with Crippen LogP contribution in [0.5, 0.6) is 11.6 Å². The van der Waals surface area contributed by atoms with E-state index in [1.165, 1.54) is 0 Å². The molecular formula is C19H18BrN3O3. The van der Waals surface area contributed by atoms with Crippen LogP contribution in [0.2, 0.25) is 0 Å². The van der Waals surface area contributed by atoms with Crippen LogP contribution < -0.4 is 4.74 Å². The van der Waals surface area contributed by atoms with Gasteiger partial charge in [-0.15, -0.1) is 10.2 Å². The molecule has 0 aliphatic rings. The summed E-state index contributed by atoms with van der Waals surface area (Å²) < 4.78 is 7.96. The van der Waals surface area contributed by atoms with Crippen LogP contribution >= 0.6 is 15.9 Å². The molecule has 0 atom stereocenters. The second kappa shape index (κ2) is 7.29. The second-order valence-corrected chi connectivity index (χ2v) is 6.88. The number of carbonyl (C=O) groups excluding carboxylic acids is 1. The normalized spacial score (nSPS) is 11.4. The molecule has 26 heavy (non-hydrogen) atoms. The fraction of sp³-hybridized carbons (Fsp3) is 0.211. The van der Waals surface area contributed by atoms with E-state index in [0.29, 0.717) is 5.75 Å². The lowest BCUT2D eigenvalue weighted by molar-refractivity contribution is -0.120. The highest BCUT2D eigenvalue weighted by Crippen LogP contribution is 2.37. The maximum Gasteiger partial charge on any atom is 0.302 e. The molecule has 3 aromatic rings. The standard InChI is InChI=1S/C19H18BrN3O3/c1-11-8-12(2)18(14(20)9-11)26-10-16(24)21-22-17-13-6-4-5-7-15(13)23(3)19(17)25/h4-9,25H,10H2,1-3H3. The lowest BCUT2D eigenvalue weighted by Crippen LogP contribution is -2.09. The summed E-state index contributed by atoms with van der Waals surface area (Å²) in [6, 6.07) is 11.3. The van der Waals surface area contributed by atoms with Crippen molar-refractivity contribution in [2.75, 3.05) is 6.61 Å². The number of carbonyl (C=O) groups is 1. The molecule has 0 fully saturated rings. The first-order valence-electron chi connectivity index (χ1n) is 7.99. The van der Waals surface area contributed by atoms with Crippen molar-refractivity contribution in [1.29, 1.82) is 0 Å². The van der Waals surface area contributed by atoms with Gasteiger partial charge >= 0.3 is 5.91 Å². The van der Waals surface area contributed by atoms with Crippen LogP contribution in [0, 0.1) is 13.8 Å². The quantitative estimate of drug-likeness (QED) is 0.612. The van der Waals surface area contributed by atoms with Gasteiger partial charge in [-0.05, 0) is 53.0 Å². The Hall–Kier alpha value is -2.67. The lowest BCUT2D eigenvalue weighted by Gasteiger charge is -2.10. The van der Waals surface area contributed by atoms with E-state index in [9.17, 15) is 9.90 Å². The van der Waals surface area contributed by atoms with Crippen molar-refractivity contribution < 1.29 is 14.6 Å². The second-order valence-electron chi connectivity index (χ2n) is 6.02. The number of nitrogens with zero attached hydrogens (tertiary/aromatic N) is 3. The van der Waals surface area contributed by atoms with Crippen molar-refractivity contribution in [3.8, 4) is 11.6 Å². The number of amides is 1. The molecule has 0 saturated heterocycles. The number of hydrogen-bond acceptors (Lipinski definition) is 4. The average molecular weight is 416 g/mol. The number of hydrogen-bond donors (Lipinski definition) is 1. The Bertz CT molecular complexity index is 1000. The number of azo groups is 1. The summed E-state index contributed by atoms with van der Waals surface area (Å²) in [4.78, 5) is 12.0. The van der Waals surface area contributed by atoms with Gasteiger partial charge in [0.1, 0.15) is 5.75 Å². The molecule has 0 radical (unpaired) electrons. The molecule has 7 heteroatoms. The zero-order valence-corrected chi connectivity index (χ0v) is 16.2. The predicted molar refractivity (Wildman–Crippen MR) is 103 cm³/mol. The van der Waals surface area contributed by atoms with Gasteiger partial charge in [0.15, 0.2) is 12.3 Å². The molecule has 1 amide bonds. The molecule has 1 N–H and O–H groups in total. The zero-order valence-electron chi connectivity index (χ0n) is 14.7. The smallest absolute Gasteiger partial charge is 0.302 e. The first kappa shape index (κ1) is 18.1. The van der Waals surface area contributed by atoms with Gasteiger partial charge in [0.05, 0.1) is 9.99 Å². The Morgan fingerprint density at radius 2 is 2.00 bits per heavy atom. The summed E-state index contributed by atoms with van der Waals surface area (Å²) in [5.41, 5.74) is 3.10. The number of rotatable bonds is 4. The first-order valence-corrected chi connectivity index (χ1v) is 8.78. The van der Waals surface area contributed by atoms with Gasteiger partial charge in [-0.2, -0.15) is 0 Å². The van der Waals surface area contributed by atoms with Crippen molar-refractivity contribution in [3.63, 3.8) is 0 Å². The summed E-state index contributed by atoms with van der Waals surface area (Å²) in [5, 5.41) is 18.5. The third-order valence-electron chi connectivity index (χ3n) is 4.03. The number of aromatic nitrogens is 1. The van der Waals surface area contributed by atoms with Gasteiger partial charge < -0.3 is 14.4 Å². The Kier molecular flexibility index (Phi) is 5.08. The maximum atomic E-state index is 12.0. The van der Waals surface area contributed by atoms with Crippen molar-refractivity contribution in [3.05, 3.63) is 52.0 Å². The fourth-order valence-electron chi connectivity index (χ4n) is 2.81. The summed E-state index contributed by atoms with van der Waals surface area (Å²) in [5.74, 6) is 0.0251. The molecule has 0 bridgehead atoms. The van der Waals surface area contributed by atoms with Crippen LogP contribution in [0.3, 0.4) is 0 Å². The van der Waals surface area contributed by atoms with Crippen LogP contribution in [-0.4, -0.2) is 22.2 Å². The molecule has 2 aromatic carbocycles. The Morgan fingerprint density at radius 1 is 1.27 bits per heavy atom. The van der Waals surface area contributed by atoms with Crippen LogP contribution in [-0.2, 0) is 11.8 Å². The number of aromatic hydroxyl groups is 1. The summed E-state index contributed by atoms with van der Waals surface area (Å²) in [7, 11) is 1.72. The minimum atomic E-state index is -0.538. The van der Waals surface area contributed by atoms with E-state index in [1.54, 1.807) is 11.6 Å². The van der Waals surface area contributed by atoms with Crippen LogP contribution in [0.1, 0.15) is 11.1 Å². The third-order valence-corrected chi connectivity index (χ3v) is 4.61. The molecule has 0 saturated carbocycles. The summed E-state index contributed by atoms with van der Waals surface area (Å²) >= 11 is 3.44. The molecule has 3 rings (SSSR count). The summed E-state index contributed by atoms with van der Waals surface area (Å²) in [6.07, 6.45) is 0. The van der Waals surface area contributed by atoms with E-state index in [-0.39, 0.29) is 18.2 Å². The number of fused-ring (bicyclic) bond motifs is 1. The highest BCUT2D eigenvalue weighted by atomic mass is 79.9. The van der Waals surface area contributed by atoms with E-state index >= 15 is 0 Å². The molecule has 134 valence electrons. The molecule has 0 aliphatic heterocycles. The van der Waals surface area contributed by atoms with Crippen molar-refractivity contribution >= 4 is 38.4 Å². The number of benzene rings is 2. The fourth-order valence-corrected chi connectivity index (χ4v) is 3.60. The van der Waals surface area contributed by atoms with Crippen molar-refractivity contribution in [1.82, 2.24) is 4.57 Å². The van der Waals surface area contributed by atoms with Crippen LogP contribution in [0.15, 0.2) is 51.1 Å². The Balaban J connectivity index is 1.76. The van der Waals surface area contributed by atoms with E-state index in [1.807, 2.05) is 50.2 Å². The van der Waals surface area contributed by atoms with Gasteiger partial charge in [0, 0.05) is 12.4 Å². The predicted octanol–water partition coefficient (Wildman–Crippen LogP) is 4.95. The van der Waals surface area contributed by atoms with Gasteiger partial charge in [-0.3, -0.25) is 4.79 Å². The number of ether oxygens (including phenoxy) is 1. The van der Waals surface area contributed by atoms with Crippen molar-refractivity contribution in [2.45, 2.75) is 13.8 Å². The number of halogens is 1. The van der Waals surface area contributed by atoms with Gasteiger partial charge in [-0.25, -0.2) is 0 Å². The minimum absolute atomic E-state index is 0.0409. The van der Waals surface area contributed by atoms with E-state index in [2.05, 4.69) is 26.2 Å². The molecule has 0 spiro atoms. The topological polar surface area (TPSA) is 76.2 Å². The van der Waals surface area contributed by atoms with Gasteiger partial charge in [0.2, 0.25) is 5.88 Å². The van der Waals surface area contributed by atoms with E-state index in [0.717, 1.165) is 26.5 Å². The lowest BCUT2D eigenvalue weighted by atomic mass is 10.1. The summed E-state index contributed by atoms with van der Waals surface area (Å²) in [6.45, 7) is 3.66. The zero-order chi connectivity index (χ0) is 18.8. The highest BCUT2D eigenvalue weighted by molar-refractivity contribution is 9.10. The number of aryl methyl sites for hydroxylation is 3. The van der Waals surface area contributed by atoms with E-state index < -0.39 is 5.91 Å². The molecular weight excluding hydrogens is 398 g/mol. The molecule has 1 aromatic heterocycles. The molecule has 0 unspecified atom stereocenters. The van der Waals surface area contributed by atoms with Crippen LogP contribution in [0.25, 0.3) is 10.9 Å². The Labute approximate surface area is 159 Å². The average Bonchev–Trinajstić information content (AvgIpc) is 2.83. The van der Waals surface area contributed by atoms with Crippen LogP contribution in [0.4, 0.5) is 5.69 Å². The maximum absolute atomic E-state index is 12.0. The van der Waals surface area contributed by atoms with E-state index in [4.69, 9.17) is 4.74 Å². The van der Waals surface area contributed by atoms with Gasteiger partial charge in [0.25, 0.3) is 0 Å². The highest BCUT2D eigenvalue weighted by Gasteiger charge is 2.14. The first-order chi connectivity index (χ1) is 12.4. The van der Waals surface area contributed by atoms with Crippen molar-refractivity contribution in [2.24, 2.45) is 17.3 Å². The molecule has 6 nitrogen and oxygen atoms in total. The third kappa shape index (κ3) is 3.48. The minimum Gasteiger partial charge on any atom is -0.493 e. The molecule has 1 heterocycles. The molecule has 0 aliphatic carbocycles. The Morgan fingerprint density at radius 3 is 2.73 bits per heavy atom. The number of para-hydroxylation sites is 1.